The molecule has 2 heterocycles. The first-order valence-electron chi connectivity index (χ1n) is 13.6. The molecular weight excluding hydrogens is 498 g/mol. The molecule has 0 unspecified atom stereocenters. The van der Waals surface area contributed by atoms with E-state index < -0.39 is 35.0 Å². The number of esters is 1. The van der Waals surface area contributed by atoms with Gasteiger partial charge in [0.2, 0.25) is 5.91 Å². The van der Waals surface area contributed by atoms with Crippen LogP contribution in [0.5, 0.6) is 5.75 Å². The molecule has 1 saturated heterocycles. The second-order valence-corrected chi connectivity index (χ2v) is 11.3. The lowest BCUT2D eigenvalue weighted by Gasteiger charge is -2.34. The number of aryl methyl sites for hydroxylation is 1. The van der Waals surface area contributed by atoms with Gasteiger partial charge in [-0.05, 0) is 56.6 Å². The summed E-state index contributed by atoms with van der Waals surface area (Å²) in [5, 5.41) is 25.6. The van der Waals surface area contributed by atoms with Crippen molar-refractivity contribution in [3.05, 3.63) is 63.9 Å². The molecule has 0 spiro atoms. The standard InChI is InChI=1S/C31H37NO7/c1-6-19-8-7-9-20(12-16(2)3)39-30(37)18(5)14-22-29(36)32-25-15-24(34)26-21(31(22,25)38)13-17(4)28(35)27(26)23(33)11-10-19/h7-8,13-16,19-20,22,35,38H,6,9-12H2,1-5H3,(H,32,36)/b8-7+,18-14-/t19-,20-,22-,31+/m1/s1. The molecule has 208 valence electrons. The van der Waals surface area contributed by atoms with Gasteiger partial charge in [0.25, 0.3) is 0 Å². The predicted molar refractivity (Wildman–Crippen MR) is 145 cm³/mol. The molecule has 0 saturated carbocycles. The van der Waals surface area contributed by atoms with Gasteiger partial charge in [0.1, 0.15) is 17.5 Å². The van der Waals surface area contributed by atoms with Crippen LogP contribution in [0.2, 0.25) is 0 Å². The van der Waals surface area contributed by atoms with Gasteiger partial charge in [-0.2, -0.15) is 0 Å². The summed E-state index contributed by atoms with van der Waals surface area (Å²) in [6.45, 7) is 9.20. The molecule has 4 rings (SSSR count). The Bertz CT molecular complexity index is 1320. The molecule has 1 aliphatic carbocycles. The quantitative estimate of drug-likeness (QED) is 0.382. The zero-order valence-corrected chi connectivity index (χ0v) is 23.2. The van der Waals surface area contributed by atoms with E-state index in [4.69, 9.17) is 4.74 Å². The normalized spacial score (nSPS) is 29.8. The van der Waals surface area contributed by atoms with E-state index in [1.807, 2.05) is 32.9 Å². The number of hydrogen-bond acceptors (Lipinski definition) is 7. The summed E-state index contributed by atoms with van der Waals surface area (Å²) in [7, 11) is 0. The third kappa shape index (κ3) is 5.22. The van der Waals surface area contributed by atoms with E-state index in [1.54, 1.807) is 6.92 Å². The largest absolute Gasteiger partial charge is 0.507 e. The first-order chi connectivity index (χ1) is 18.4. The van der Waals surface area contributed by atoms with Gasteiger partial charge >= 0.3 is 5.97 Å². The number of hydrogen-bond donors (Lipinski definition) is 3. The van der Waals surface area contributed by atoms with Crippen molar-refractivity contribution in [1.29, 1.82) is 0 Å². The Morgan fingerprint density at radius 2 is 1.87 bits per heavy atom. The number of amides is 1. The van der Waals surface area contributed by atoms with Crippen molar-refractivity contribution in [1.82, 2.24) is 5.32 Å². The topological polar surface area (TPSA) is 130 Å². The van der Waals surface area contributed by atoms with E-state index in [-0.39, 0.29) is 58.1 Å². The number of carbonyl (C=O) groups excluding carboxylic acids is 4. The summed E-state index contributed by atoms with van der Waals surface area (Å²) in [5.74, 6) is -3.42. The molecular formula is C31H37NO7. The van der Waals surface area contributed by atoms with Crippen LogP contribution >= 0.6 is 0 Å². The van der Waals surface area contributed by atoms with Crippen molar-refractivity contribution in [3.63, 3.8) is 0 Å². The fraction of sp³-hybridized carbons (Fsp3) is 0.484. The van der Waals surface area contributed by atoms with Crippen molar-refractivity contribution in [2.24, 2.45) is 17.8 Å². The minimum Gasteiger partial charge on any atom is -0.507 e. The number of aliphatic hydroxyl groups is 1. The molecule has 0 radical (unpaired) electrons. The average molecular weight is 536 g/mol. The van der Waals surface area contributed by atoms with Gasteiger partial charge in [-0.1, -0.05) is 39.0 Å². The molecule has 3 aliphatic rings. The third-order valence-electron chi connectivity index (χ3n) is 7.92. The lowest BCUT2D eigenvalue weighted by atomic mass is 9.72. The molecule has 8 heteroatoms. The Kier molecular flexibility index (Phi) is 7.98. The average Bonchev–Trinajstić information content (AvgIpc) is 3.10. The number of ether oxygens (including phenoxy) is 1. The van der Waals surface area contributed by atoms with Crippen molar-refractivity contribution in [3.8, 4) is 5.75 Å². The Morgan fingerprint density at radius 1 is 1.15 bits per heavy atom. The lowest BCUT2D eigenvalue weighted by Crippen LogP contribution is -2.39. The number of allylic oxidation sites excluding steroid dienone is 2. The Morgan fingerprint density at radius 3 is 2.54 bits per heavy atom. The summed E-state index contributed by atoms with van der Waals surface area (Å²) < 4.78 is 5.83. The minimum atomic E-state index is -2.03. The fourth-order valence-electron chi connectivity index (χ4n) is 5.74. The molecule has 2 aliphatic heterocycles. The second kappa shape index (κ2) is 10.9. The lowest BCUT2D eigenvalue weighted by molar-refractivity contribution is -0.144. The molecule has 0 aromatic heterocycles. The van der Waals surface area contributed by atoms with E-state index >= 15 is 0 Å². The van der Waals surface area contributed by atoms with E-state index in [9.17, 15) is 29.4 Å². The van der Waals surface area contributed by atoms with Crippen molar-refractivity contribution in [2.45, 2.75) is 78.4 Å². The zero-order valence-electron chi connectivity index (χ0n) is 23.2. The van der Waals surface area contributed by atoms with E-state index in [2.05, 4.69) is 5.32 Å². The van der Waals surface area contributed by atoms with E-state index in [1.165, 1.54) is 19.1 Å². The number of aromatic hydroxyl groups is 1. The molecule has 1 aromatic rings. The van der Waals surface area contributed by atoms with Crippen LogP contribution in [0.15, 0.2) is 41.6 Å². The smallest absolute Gasteiger partial charge is 0.333 e. The SMILES string of the molecule is CC[C@@H]1/C=C/C[C@H](CC(C)C)OC(=O)/C(C)=C\[C@@H]2C(=O)NC3=CC(=O)c4c(cc(C)c(O)c4C(=O)CC1)[C@@]32O. The van der Waals surface area contributed by atoms with Gasteiger partial charge in [-0.25, -0.2) is 4.79 Å². The third-order valence-corrected chi connectivity index (χ3v) is 7.92. The fourth-order valence-corrected chi connectivity index (χ4v) is 5.74. The maximum atomic E-state index is 13.5. The zero-order chi connectivity index (χ0) is 28.6. The first-order valence-corrected chi connectivity index (χ1v) is 13.6. The molecule has 4 atom stereocenters. The summed E-state index contributed by atoms with van der Waals surface area (Å²) in [6, 6.07) is 1.44. The second-order valence-electron chi connectivity index (χ2n) is 11.3. The minimum absolute atomic E-state index is 0.0262. The van der Waals surface area contributed by atoms with E-state index in [0.717, 1.165) is 12.5 Å². The van der Waals surface area contributed by atoms with Crippen LogP contribution in [0.3, 0.4) is 0 Å². The number of carbonyl (C=O) groups is 4. The molecule has 4 bridgehead atoms. The number of phenols is 1. The van der Waals surface area contributed by atoms with E-state index in [0.29, 0.717) is 24.8 Å². The van der Waals surface area contributed by atoms with Crippen LogP contribution in [0.25, 0.3) is 0 Å². The van der Waals surface area contributed by atoms with Crippen molar-refractivity contribution in [2.75, 3.05) is 0 Å². The summed E-state index contributed by atoms with van der Waals surface area (Å²) in [6.07, 6.45) is 8.57. The maximum absolute atomic E-state index is 13.5. The molecule has 3 N–H and O–H groups in total. The number of ketones is 2. The molecule has 1 aromatic carbocycles. The molecule has 1 amide bonds. The monoisotopic (exact) mass is 535 g/mol. The number of Topliss-reactive ketones (excluding diaryl/α,β-unsaturated/α-hetero) is 1. The summed E-state index contributed by atoms with van der Waals surface area (Å²) >= 11 is 0. The van der Waals surface area contributed by atoms with Gasteiger partial charge in [-0.15, -0.1) is 0 Å². The Hall–Kier alpha value is -3.52. The highest BCUT2D eigenvalue weighted by atomic mass is 16.5. The van der Waals surface area contributed by atoms with Crippen LogP contribution in [-0.4, -0.2) is 39.8 Å². The van der Waals surface area contributed by atoms with Crippen LogP contribution in [-0.2, 0) is 19.9 Å². The van der Waals surface area contributed by atoms with Crippen LogP contribution < -0.4 is 5.32 Å². The summed E-state index contributed by atoms with van der Waals surface area (Å²) in [4.78, 5) is 53.0. The Balaban J connectivity index is 1.91. The van der Waals surface area contributed by atoms with Gasteiger partial charge in [0.05, 0.1) is 17.2 Å². The number of nitrogens with one attached hydrogen (secondary N) is 1. The highest BCUT2D eigenvalue weighted by molar-refractivity contribution is 6.17. The van der Waals surface area contributed by atoms with Crippen molar-refractivity contribution < 1.29 is 34.1 Å². The van der Waals surface area contributed by atoms with Crippen LogP contribution in [0.1, 0.15) is 91.6 Å². The first kappa shape index (κ1) is 28.5. The number of phenolic OH excluding ortho intramolecular Hbond substituents is 1. The number of benzene rings is 1. The van der Waals surface area contributed by atoms with Crippen molar-refractivity contribution >= 4 is 23.4 Å². The molecule has 39 heavy (non-hydrogen) atoms. The molecule has 8 nitrogen and oxygen atoms in total. The number of rotatable bonds is 3. The maximum Gasteiger partial charge on any atom is 0.333 e. The highest BCUT2D eigenvalue weighted by Gasteiger charge is 2.55. The van der Waals surface area contributed by atoms with Gasteiger partial charge in [0.15, 0.2) is 11.6 Å². The predicted octanol–water partition coefficient (Wildman–Crippen LogP) is 4.57. The van der Waals surface area contributed by atoms with Crippen LogP contribution in [0.4, 0.5) is 0 Å². The molecule has 1 fully saturated rings. The van der Waals surface area contributed by atoms with Gasteiger partial charge in [-0.3, -0.25) is 14.4 Å². The number of cyclic esters (lactones) is 1. The van der Waals surface area contributed by atoms with Crippen LogP contribution in [0, 0.1) is 24.7 Å². The Labute approximate surface area is 228 Å². The summed E-state index contributed by atoms with van der Waals surface area (Å²) in [5.41, 5.74) is -1.83. The highest BCUT2D eigenvalue weighted by Crippen LogP contribution is 2.49. The van der Waals surface area contributed by atoms with Gasteiger partial charge in [0, 0.05) is 35.6 Å². The van der Waals surface area contributed by atoms with Gasteiger partial charge < -0.3 is 20.3 Å².